The van der Waals surface area contributed by atoms with Gasteiger partial charge in [0.25, 0.3) is 0 Å². The number of thiophene rings is 1. The van der Waals surface area contributed by atoms with E-state index in [4.69, 9.17) is 5.73 Å². The normalized spacial score (nSPS) is 10.7. The van der Waals surface area contributed by atoms with Gasteiger partial charge in [-0.1, -0.05) is 17.7 Å². The molecule has 4 heteroatoms. The van der Waals surface area contributed by atoms with E-state index in [1.54, 1.807) is 11.3 Å². The number of hydrogen-bond acceptors (Lipinski definition) is 3. The fraction of sp³-hybridized carbons (Fsp3) is 0.231. The van der Waals surface area contributed by atoms with E-state index in [0.29, 0.717) is 0 Å². The molecule has 2 nitrogen and oxygen atoms in total. The van der Waals surface area contributed by atoms with Crippen LogP contribution < -0.4 is 11.1 Å². The third kappa shape index (κ3) is 3.56. The fourth-order valence-corrected chi connectivity index (χ4v) is 3.08. The summed E-state index contributed by atoms with van der Waals surface area (Å²) in [7, 11) is 0. The minimum absolute atomic E-state index is 0.809. The van der Waals surface area contributed by atoms with Crippen molar-refractivity contribution in [3.63, 3.8) is 0 Å². The molecule has 0 fully saturated rings. The quantitative estimate of drug-likeness (QED) is 0.845. The topological polar surface area (TPSA) is 38.0 Å². The first-order valence-electron chi connectivity index (χ1n) is 5.44. The average Bonchev–Trinajstić information content (AvgIpc) is 2.69. The van der Waals surface area contributed by atoms with Crippen molar-refractivity contribution in [2.75, 3.05) is 5.73 Å². The number of anilines is 1. The number of nitrogens with one attached hydrogen (secondary N) is 1. The first-order valence-corrected chi connectivity index (χ1v) is 7.11. The highest BCUT2D eigenvalue weighted by Crippen LogP contribution is 2.20. The van der Waals surface area contributed by atoms with E-state index in [1.807, 2.05) is 12.1 Å². The molecule has 90 valence electrons. The Morgan fingerprint density at radius 1 is 1.29 bits per heavy atom. The summed E-state index contributed by atoms with van der Waals surface area (Å²) in [5.41, 5.74) is 9.20. The highest BCUT2D eigenvalue weighted by Gasteiger charge is 2.01. The standard InChI is InChI=1S/C13H15BrN2S/c1-9-2-3-13(15)10(4-9)6-16-7-12-5-11(14)8-17-12/h2-5,8,16H,6-7,15H2,1H3. The maximum absolute atomic E-state index is 5.93. The summed E-state index contributed by atoms with van der Waals surface area (Å²) < 4.78 is 1.15. The van der Waals surface area contributed by atoms with E-state index in [-0.39, 0.29) is 0 Å². The fourth-order valence-electron chi connectivity index (χ4n) is 1.65. The van der Waals surface area contributed by atoms with Gasteiger partial charge in [0.15, 0.2) is 0 Å². The number of nitrogen functional groups attached to an aromatic ring is 1. The van der Waals surface area contributed by atoms with Crippen LogP contribution in [0.15, 0.2) is 34.1 Å². The molecule has 0 atom stereocenters. The maximum atomic E-state index is 5.93. The molecule has 2 aromatic rings. The molecule has 1 heterocycles. The lowest BCUT2D eigenvalue weighted by atomic mass is 10.1. The van der Waals surface area contributed by atoms with Gasteiger partial charge in [0.05, 0.1) is 0 Å². The zero-order valence-electron chi connectivity index (χ0n) is 9.66. The highest BCUT2D eigenvalue weighted by atomic mass is 79.9. The van der Waals surface area contributed by atoms with Crippen molar-refractivity contribution >= 4 is 33.0 Å². The third-order valence-electron chi connectivity index (χ3n) is 2.53. The molecule has 0 saturated carbocycles. The molecule has 0 aliphatic carbocycles. The lowest BCUT2D eigenvalue weighted by Crippen LogP contribution is -2.13. The molecule has 17 heavy (non-hydrogen) atoms. The lowest BCUT2D eigenvalue weighted by molar-refractivity contribution is 0.702. The van der Waals surface area contributed by atoms with Gasteiger partial charge < -0.3 is 11.1 Å². The number of benzene rings is 1. The van der Waals surface area contributed by atoms with Crippen LogP contribution in [0.2, 0.25) is 0 Å². The van der Waals surface area contributed by atoms with Crippen molar-refractivity contribution in [3.8, 4) is 0 Å². The van der Waals surface area contributed by atoms with E-state index in [1.165, 1.54) is 16.0 Å². The molecular weight excluding hydrogens is 296 g/mol. The second kappa shape index (κ2) is 5.67. The van der Waals surface area contributed by atoms with Gasteiger partial charge in [-0.3, -0.25) is 0 Å². The van der Waals surface area contributed by atoms with Crippen LogP contribution in [0.25, 0.3) is 0 Å². The monoisotopic (exact) mass is 310 g/mol. The molecule has 0 bridgehead atoms. The minimum atomic E-state index is 0.809. The number of hydrogen-bond donors (Lipinski definition) is 2. The van der Waals surface area contributed by atoms with E-state index in [9.17, 15) is 0 Å². The molecule has 3 N–H and O–H groups in total. The highest BCUT2D eigenvalue weighted by molar-refractivity contribution is 9.10. The molecule has 0 amide bonds. The van der Waals surface area contributed by atoms with Crippen LogP contribution in [0.1, 0.15) is 16.0 Å². The minimum Gasteiger partial charge on any atom is -0.398 e. The van der Waals surface area contributed by atoms with Crippen LogP contribution in [0.4, 0.5) is 5.69 Å². The predicted octanol–water partition coefficient (Wildman–Crippen LogP) is 3.69. The molecule has 1 aromatic heterocycles. The summed E-state index contributed by atoms with van der Waals surface area (Å²) >= 11 is 5.20. The van der Waals surface area contributed by atoms with Gasteiger partial charge in [-0.15, -0.1) is 11.3 Å². The Morgan fingerprint density at radius 3 is 2.82 bits per heavy atom. The van der Waals surface area contributed by atoms with Crippen molar-refractivity contribution in [3.05, 3.63) is 50.1 Å². The lowest BCUT2D eigenvalue weighted by Gasteiger charge is -2.07. The first-order chi connectivity index (χ1) is 8.15. The molecule has 0 saturated heterocycles. The van der Waals surface area contributed by atoms with Crippen molar-refractivity contribution in [2.45, 2.75) is 20.0 Å². The molecule has 0 unspecified atom stereocenters. The number of halogens is 1. The second-order valence-corrected chi connectivity index (χ2v) is 5.95. The maximum Gasteiger partial charge on any atom is 0.0359 e. The summed E-state index contributed by atoms with van der Waals surface area (Å²) in [6, 6.07) is 8.27. The van der Waals surface area contributed by atoms with Crippen LogP contribution >= 0.6 is 27.3 Å². The van der Waals surface area contributed by atoms with Crippen LogP contribution in [0, 0.1) is 6.92 Å². The third-order valence-corrected chi connectivity index (χ3v) is 4.23. The molecule has 0 spiro atoms. The van der Waals surface area contributed by atoms with E-state index in [0.717, 1.165) is 23.2 Å². The molecule has 0 radical (unpaired) electrons. The van der Waals surface area contributed by atoms with E-state index >= 15 is 0 Å². The number of nitrogens with two attached hydrogens (primary N) is 1. The zero-order valence-corrected chi connectivity index (χ0v) is 12.1. The Balaban J connectivity index is 1.91. The summed E-state index contributed by atoms with van der Waals surface area (Å²) in [6.45, 7) is 3.77. The molecular formula is C13H15BrN2S. The summed E-state index contributed by atoms with van der Waals surface area (Å²) in [6.07, 6.45) is 0. The van der Waals surface area contributed by atoms with Crippen molar-refractivity contribution < 1.29 is 0 Å². The Kier molecular flexibility index (Phi) is 4.20. The second-order valence-electron chi connectivity index (χ2n) is 4.04. The van der Waals surface area contributed by atoms with Gasteiger partial charge in [0.2, 0.25) is 0 Å². The molecule has 2 rings (SSSR count). The summed E-state index contributed by atoms with van der Waals surface area (Å²) in [5, 5.41) is 5.50. The van der Waals surface area contributed by atoms with Crippen LogP contribution in [-0.2, 0) is 13.1 Å². The molecule has 1 aromatic carbocycles. The van der Waals surface area contributed by atoms with Gasteiger partial charge in [-0.25, -0.2) is 0 Å². The van der Waals surface area contributed by atoms with Crippen LogP contribution in [0.5, 0.6) is 0 Å². The van der Waals surface area contributed by atoms with Crippen molar-refractivity contribution in [1.82, 2.24) is 5.32 Å². The Labute approximate surface area is 114 Å². The Morgan fingerprint density at radius 2 is 2.12 bits per heavy atom. The first kappa shape index (κ1) is 12.6. The van der Waals surface area contributed by atoms with Crippen LogP contribution in [0.3, 0.4) is 0 Å². The van der Waals surface area contributed by atoms with Gasteiger partial charge in [-0.05, 0) is 40.5 Å². The van der Waals surface area contributed by atoms with Crippen LogP contribution in [-0.4, -0.2) is 0 Å². The number of aryl methyl sites for hydroxylation is 1. The Bertz CT molecular complexity index is 508. The molecule has 0 aliphatic heterocycles. The number of rotatable bonds is 4. The Hall–Kier alpha value is -0.840. The summed E-state index contributed by atoms with van der Waals surface area (Å²) in [5.74, 6) is 0. The van der Waals surface area contributed by atoms with Gasteiger partial charge in [0, 0.05) is 33.5 Å². The van der Waals surface area contributed by atoms with Gasteiger partial charge in [-0.2, -0.15) is 0 Å². The largest absolute Gasteiger partial charge is 0.398 e. The van der Waals surface area contributed by atoms with Crippen molar-refractivity contribution in [1.29, 1.82) is 0 Å². The SMILES string of the molecule is Cc1ccc(N)c(CNCc2cc(Br)cs2)c1. The predicted molar refractivity (Wildman–Crippen MR) is 78.2 cm³/mol. The van der Waals surface area contributed by atoms with E-state index < -0.39 is 0 Å². The van der Waals surface area contributed by atoms with E-state index in [2.05, 4.69) is 45.7 Å². The van der Waals surface area contributed by atoms with Crippen molar-refractivity contribution in [2.24, 2.45) is 0 Å². The average molecular weight is 311 g/mol. The molecule has 0 aliphatic rings. The summed E-state index contributed by atoms with van der Waals surface area (Å²) in [4.78, 5) is 1.32. The smallest absolute Gasteiger partial charge is 0.0359 e. The van der Waals surface area contributed by atoms with Gasteiger partial charge >= 0.3 is 0 Å². The zero-order chi connectivity index (χ0) is 12.3. The van der Waals surface area contributed by atoms with Gasteiger partial charge in [0.1, 0.15) is 0 Å².